The summed E-state index contributed by atoms with van der Waals surface area (Å²) in [5.74, 6) is -0.0431. The molecule has 1 atom stereocenters. The van der Waals surface area contributed by atoms with E-state index in [9.17, 15) is 14.7 Å². The molecule has 8 nitrogen and oxygen atoms in total. The topological polar surface area (TPSA) is 88.5 Å². The van der Waals surface area contributed by atoms with Crippen LogP contribution in [0, 0.1) is 0 Å². The summed E-state index contributed by atoms with van der Waals surface area (Å²) in [6, 6.07) is 12.3. The van der Waals surface area contributed by atoms with Crippen molar-refractivity contribution < 1.29 is 28.9 Å². The number of fused-ring (bicyclic) bond motifs is 1. The molecule has 3 aliphatic heterocycles. The number of hydrogen-bond acceptors (Lipinski definition) is 7. The van der Waals surface area contributed by atoms with Crippen LogP contribution in [0.1, 0.15) is 42.5 Å². The second-order valence-corrected chi connectivity index (χ2v) is 9.63. The Bertz CT molecular complexity index is 1170. The minimum absolute atomic E-state index is 0.0935. The van der Waals surface area contributed by atoms with E-state index in [4.69, 9.17) is 14.2 Å². The number of rotatable bonds is 6. The Labute approximate surface area is 211 Å². The van der Waals surface area contributed by atoms with Crippen LogP contribution in [-0.2, 0) is 14.3 Å². The number of carbonyl (C=O) groups excluding carboxylic acids is 2. The van der Waals surface area contributed by atoms with Gasteiger partial charge in [0.05, 0.1) is 24.8 Å². The molecule has 190 valence electrons. The predicted molar refractivity (Wildman–Crippen MR) is 134 cm³/mol. The zero-order valence-corrected chi connectivity index (χ0v) is 20.7. The van der Waals surface area contributed by atoms with Crippen LogP contribution in [0.25, 0.3) is 5.76 Å². The number of hydrogen-bond donors (Lipinski definition) is 1. The quantitative estimate of drug-likeness (QED) is 0.376. The summed E-state index contributed by atoms with van der Waals surface area (Å²) >= 11 is 0. The van der Waals surface area contributed by atoms with Crippen LogP contribution in [0.3, 0.4) is 0 Å². The summed E-state index contributed by atoms with van der Waals surface area (Å²) in [6.45, 7) is 8.98. The molecular weight excluding hydrogens is 460 g/mol. The van der Waals surface area contributed by atoms with Crippen molar-refractivity contribution in [1.82, 2.24) is 9.80 Å². The standard InChI is InChI=1S/C28H32N2O6/c1-18(2)19-3-5-20(6-4-19)25-24(26(31)21-7-8-22-23(17-21)36-16-15-35-22)27(32)28(33)30(25)10-9-29-11-13-34-14-12-29/h3-8,17-18,25,31H,9-16H2,1-2H3/b26-24-. The van der Waals surface area contributed by atoms with Crippen molar-refractivity contribution in [1.29, 1.82) is 0 Å². The van der Waals surface area contributed by atoms with E-state index in [0.717, 1.165) is 24.2 Å². The van der Waals surface area contributed by atoms with E-state index in [2.05, 4.69) is 18.7 Å². The van der Waals surface area contributed by atoms with Crippen LogP contribution in [0.5, 0.6) is 11.5 Å². The Morgan fingerprint density at radius 1 is 0.944 bits per heavy atom. The van der Waals surface area contributed by atoms with Gasteiger partial charge in [-0.25, -0.2) is 0 Å². The Morgan fingerprint density at radius 2 is 1.64 bits per heavy atom. The van der Waals surface area contributed by atoms with Gasteiger partial charge in [0.15, 0.2) is 11.5 Å². The molecule has 3 aliphatic rings. The van der Waals surface area contributed by atoms with Gasteiger partial charge in [0.2, 0.25) is 0 Å². The van der Waals surface area contributed by atoms with Crippen molar-refractivity contribution in [3.05, 3.63) is 64.7 Å². The average Bonchev–Trinajstić information content (AvgIpc) is 3.16. The highest BCUT2D eigenvalue weighted by molar-refractivity contribution is 6.46. The number of ether oxygens (including phenoxy) is 3. The fourth-order valence-corrected chi connectivity index (χ4v) is 4.94. The molecule has 3 heterocycles. The molecule has 0 radical (unpaired) electrons. The first-order valence-electron chi connectivity index (χ1n) is 12.5. The molecule has 5 rings (SSSR count). The van der Waals surface area contributed by atoms with Gasteiger partial charge in [-0.05, 0) is 35.2 Å². The lowest BCUT2D eigenvalue weighted by atomic mass is 9.93. The fourth-order valence-electron chi connectivity index (χ4n) is 4.94. The Balaban J connectivity index is 1.53. The van der Waals surface area contributed by atoms with E-state index < -0.39 is 17.7 Å². The van der Waals surface area contributed by atoms with Crippen LogP contribution < -0.4 is 9.47 Å². The molecule has 36 heavy (non-hydrogen) atoms. The maximum absolute atomic E-state index is 13.3. The fraction of sp³-hybridized carbons (Fsp3) is 0.429. The summed E-state index contributed by atoms with van der Waals surface area (Å²) in [7, 11) is 0. The van der Waals surface area contributed by atoms with Crippen molar-refractivity contribution in [2.45, 2.75) is 25.8 Å². The molecule has 0 bridgehead atoms. The molecule has 2 aromatic carbocycles. The summed E-state index contributed by atoms with van der Waals surface area (Å²) in [5.41, 5.74) is 2.46. The van der Waals surface area contributed by atoms with Gasteiger partial charge in [-0.3, -0.25) is 14.5 Å². The SMILES string of the molecule is CC(C)c1ccc(C2/C(=C(/O)c3ccc4c(c3)OCCO4)C(=O)C(=O)N2CCN2CCOCC2)cc1. The van der Waals surface area contributed by atoms with Gasteiger partial charge >= 0.3 is 0 Å². The number of aliphatic hydroxyl groups excluding tert-OH is 1. The zero-order chi connectivity index (χ0) is 25.2. The van der Waals surface area contributed by atoms with Crippen molar-refractivity contribution in [3.63, 3.8) is 0 Å². The molecule has 0 spiro atoms. The van der Waals surface area contributed by atoms with Crippen LogP contribution in [-0.4, -0.2) is 79.2 Å². The predicted octanol–water partition coefficient (Wildman–Crippen LogP) is 3.34. The van der Waals surface area contributed by atoms with Crippen LogP contribution in [0.2, 0.25) is 0 Å². The van der Waals surface area contributed by atoms with Crippen molar-refractivity contribution in [2.24, 2.45) is 0 Å². The molecular formula is C28H32N2O6. The number of Topliss-reactive ketones (excluding diaryl/α,β-unsaturated/α-hetero) is 1. The maximum Gasteiger partial charge on any atom is 0.295 e. The number of morpholine rings is 1. The monoisotopic (exact) mass is 492 g/mol. The lowest BCUT2D eigenvalue weighted by Crippen LogP contribution is -2.42. The van der Waals surface area contributed by atoms with E-state index in [1.807, 2.05) is 24.3 Å². The molecule has 0 aromatic heterocycles. The Morgan fingerprint density at radius 3 is 2.33 bits per heavy atom. The smallest absolute Gasteiger partial charge is 0.295 e. The average molecular weight is 493 g/mol. The van der Waals surface area contributed by atoms with Gasteiger partial charge in [-0.15, -0.1) is 0 Å². The molecule has 1 unspecified atom stereocenters. The summed E-state index contributed by atoms with van der Waals surface area (Å²) < 4.78 is 16.7. The second-order valence-electron chi connectivity index (χ2n) is 9.63. The lowest BCUT2D eigenvalue weighted by molar-refractivity contribution is -0.140. The van der Waals surface area contributed by atoms with E-state index in [0.29, 0.717) is 62.5 Å². The van der Waals surface area contributed by atoms with E-state index in [-0.39, 0.29) is 11.3 Å². The Hall–Kier alpha value is -3.36. The van der Waals surface area contributed by atoms with Crippen molar-refractivity contribution >= 4 is 17.4 Å². The van der Waals surface area contributed by atoms with Gasteiger partial charge in [0.1, 0.15) is 19.0 Å². The van der Waals surface area contributed by atoms with E-state index >= 15 is 0 Å². The first-order valence-corrected chi connectivity index (χ1v) is 12.5. The third-order valence-electron chi connectivity index (χ3n) is 7.04. The van der Waals surface area contributed by atoms with Crippen molar-refractivity contribution in [3.8, 4) is 11.5 Å². The van der Waals surface area contributed by atoms with Gasteiger partial charge < -0.3 is 24.2 Å². The number of benzene rings is 2. The third kappa shape index (κ3) is 4.70. The third-order valence-corrected chi connectivity index (χ3v) is 7.04. The first kappa shape index (κ1) is 24.3. The van der Waals surface area contributed by atoms with Crippen LogP contribution in [0.4, 0.5) is 0 Å². The highest BCUT2D eigenvalue weighted by atomic mass is 16.6. The highest BCUT2D eigenvalue weighted by Gasteiger charge is 2.46. The van der Waals surface area contributed by atoms with E-state index in [1.54, 1.807) is 23.1 Å². The minimum atomic E-state index is -0.680. The van der Waals surface area contributed by atoms with Gasteiger partial charge in [0, 0.05) is 31.7 Å². The van der Waals surface area contributed by atoms with Gasteiger partial charge in [0.25, 0.3) is 11.7 Å². The maximum atomic E-state index is 13.3. The minimum Gasteiger partial charge on any atom is -0.507 e. The highest BCUT2D eigenvalue weighted by Crippen LogP contribution is 2.41. The van der Waals surface area contributed by atoms with Crippen LogP contribution in [0.15, 0.2) is 48.0 Å². The Kier molecular flexibility index (Phi) is 6.98. The summed E-state index contributed by atoms with van der Waals surface area (Å²) in [4.78, 5) is 30.4. The van der Waals surface area contributed by atoms with Crippen molar-refractivity contribution in [2.75, 3.05) is 52.6 Å². The number of carbonyl (C=O) groups is 2. The molecule has 2 fully saturated rings. The van der Waals surface area contributed by atoms with Gasteiger partial charge in [-0.2, -0.15) is 0 Å². The first-order chi connectivity index (χ1) is 17.4. The number of nitrogens with zero attached hydrogens (tertiary/aromatic N) is 2. The second kappa shape index (κ2) is 10.3. The number of amides is 1. The number of ketones is 1. The molecule has 0 saturated carbocycles. The van der Waals surface area contributed by atoms with Crippen LogP contribution >= 0.6 is 0 Å². The number of likely N-dealkylation sites (tertiary alicyclic amines) is 1. The largest absolute Gasteiger partial charge is 0.507 e. The normalized spacial score (nSPS) is 21.9. The molecule has 1 amide bonds. The molecule has 2 saturated heterocycles. The summed E-state index contributed by atoms with van der Waals surface area (Å²) in [6.07, 6.45) is 0. The van der Waals surface area contributed by atoms with E-state index in [1.165, 1.54) is 0 Å². The number of aliphatic hydroxyl groups is 1. The zero-order valence-electron chi connectivity index (χ0n) is 20.7. The summed E-state index contributed by atoms with van der Waals surface area (Å²) in [5, 5.41) is 11.4. The lowest BCUT2D eigenvalue weighted by Gasteiger charge is -2.31. The molecule has 0 aliphatic carbocycles. The molecule has 8 heteroatoms. The molecule has 1 N–H and O–H groups in total. The molecule has 2 aromatic rings. The van der Waals surface area contributed by atoms with Gasteiger partial charge in [-0.1, -0.05) is 38.1 Å².